The van der Waals surface area contributed by atoms with Crippen molar-refractivity contribution in [2.24, 2.45) is 34.0 Å². The maximum Gasteiger partial charge on any atom is 0.338 e. The van der Waals surface area contributed by atoms with E-state index in [1.165, 1.54) is 19.6 Å². The van der Waals surface area contributed by atoms with Crippen molar-refractivity contribution in [3.05, 3.63) is 71.7 Å². The molecule has 1 N–H and O–H groups in total. The van der Waals surface area contributed by atoms with E-state index in [0.29, 0.717) is 29.5 Å². The van der Waals surface area contributed by atoms with Gasteiger partial charge in [0.25, 0.3) is 0 Å². The Morgan fingerprint density at radius 1 is 1.07 bits per heavy atom. The number of esters is 3. The first-order valence-corrected chi connectivity index (χ1v) is 14.8. The molecule has 2 aromatic rings. The van der Waals surface area contributed by atoms with Crippen molar-refractivity contribution in [3.8, 4) is 0 Å². The first kappa shape index (κ1) is 29.4. The fraction of sp³-hybridized carbons (Fsp3) is 0.529. The summed E-state index contributed by atoms with van der Waals surface area (Å²) in [5.41, 5.74) is -2.96. The molecule has 4 aliphatic rings. The van der Waals surface area contributed by atoms with Crippen molar-refractivity contribution >= 4 is 23.7 Å². The van der Waals surface area contributed by atoms with Gasteiger partial charge in [-0.2, -0.15) is 0 Å². The van der Waals surface area contributed by atoms with Gasteiger partial charge in [0.15, 0.2) is 0 Å². The van der Waals surface area contributed by atoms with Gasteiger partial charge in [-0.1, -0.05) is 52.0 Å². The van der Waals surface area contributed by atoms with Crippen molar-refractivity contribution in [1.29, 1.82) is 0 Å². The topological polar surface area (TPSA) is 129 Å². The molecule has 0 unspecified atom stereocenters. The van der Waals surface area contributed by atoms with E-state index >= 15 is 0 Å². The number of hydrogen-bond donors (Lipinski definition) is 1. The average Bonchev–Trinajstić information content (AvgIpc) is 3.51. The first-order valence-electron chi connectivity index (χ1n) is 14.8. The summed E-state index contributed by atoms with van der Waals surface area (Å²) >= 11 is 0. The molecule has 2 saturated carbocycles. The Morgan fingerprint density at radius 2 is 1.79 bits per heavy atom. The van der Waals surface area contributed by atoms with E-state index in [4.69, 9.17) is 18.6 Å². The van der Waals surface area contributed by atoms with E-state index in [1.807, 2.05) is 27.7 Å². The molecule has 0 radical (unpaired) electrons. The van der Waals surface area contributed by atoms with Crippen LogP contribution in [0.15, 0.2) is 65.0 Å². The molecule has 0 amide bonds. The lowest BCUT2D eigenvalue weighted by Crippen LogP contribution is -2.69. The Morgan fingerprint density at radius 3 is 2.44 bits per heavy atom. The summed E-state index contributed by atoms with van der Waals surface area (Å²) in [5.74, 6) is -3.70. The molecular weight excluding hydrogens is 552 g/mol. The Labute approximate surface area is 250 Å². The van der Waals surface area contributed by atoms with Gasteiger partial charge < -0.3 is 23.7 Å². The third-order valence-electron chi connectivity index (χ3n) is 11.3. The van der Waals surface area contributed by atoms with Gasteiger partial charge in [0.2, 0.25) is 0 Å². The molecule has 3 fully saturated rings. The van der Waals surface area contributed by atoms with Crippen LogP contribution in [0, 0.1) is 34.0 Å². The SMILES string of the molecule is COC(=O)C[C@H]1C(C)(C)[C@H](OC(=O)c2ccccc2)[C@@H]2C=C3[C@H](CC[C@@]4(C)[C@H](c5ccoc5)OC(=O)C[C@]34O)[C@@]1(C)C2=O. The largest absolute Gasteiger partial charge is 0.472 e. The summed E-state index contributed by atoms with van der Waals surface area (Å²) in [5, 5.41) is 12.7. The van der Waals surface area contributed by atoms with Crippen molar-refractivity contribution in [2.75, 3.05) is 7.11 Å². The van der Waals surface area contributed by atoms with Crippen LogP contribution in [-0.4, -0.2) is 47.6 Å². The van der Waals surface area contributed by atoms with Gasteiger partial charge >= 0.3 is 17.9 Å². The smallest absolute Gasteiger partial charge is 0.338 e. The number of ether oxygens (including phenoxy) is 3. The van der Waals surface area contributed by atoms with Crippen LogP contribution in [0.3, 0.4) is 0 Å². The Hall–Kier alpha value is -3.72. The third kappa shape index (κ3) is 4.07. The molecule has 2 bridgehead atoms. The van der Waals surface area contributed by atoms with Crippen LogP contribution in [0.5, 0.6) is 0 Å². The molecule has 228 valence electrons. The van der Waals surface area contributed by atoms with Crippen LogP contribution in [0.4, 0.5) is 0 Å². The molecule has 0 spiro atoms. The Kier molecular flexibility index (Phi) is 6.76. The van der Waals surface area contributed by atoms with Crippen LogP contribution >= 0.6 is 0 Å². The second-order valence-corrected chi connectivity index (χ2v) is 13.6. The first-order chi connectivity index (χ1) is 20.3. The molecule has 9 heteroatoms. The number of cyclic esters (lactones) is 1. The second kappa shape index (κ2) is 9.91. The van der Waals surface area contributed by atoms with Crippen molar-refractivity contribution in [3.63, 3.8) is 0 Å². The lowest BCUT2D eigenvalue weighted by Gasteiger charge is -2.65. The van der Waals surface area contributed by atoms with Gasteiger partial charge in [-0.3, -0.25) is 14.4 Å². The monoisotopic (exact) mass is 590 g/mol. The normalized spacial score (nSPS) is 37.7. The van der Waals surface area contributed by atoms with Crippen molar-refractivity contribution < 1.29 is 42.9 Å². The van der Waals surface area contributed by atoms with Gasteiger partial charge in [0.05, 0.1) is 37.5 Å². The molecule has 3 aliphatic carbocycles. The molecule has 1 saturated heterocycles. The minimum absolute atomic E-state index is 0.0724. The molecule has 6 rings (SSSR count). The number of methoxy groups -OCH3 is 1. The molecule has 2 heterocycles. The van der Waals surface area contributed by atoms with Gasteiger partial charge in [-0.25, -0.2) is 4.79 Å². The molecule has 8 atom stereocenters. The van der Waals surface area contributed by atoms with Crippen molar-refractivity contribution in [2.45, 2.75) is 71.2 Å². The minimum Gasteiger partial charge on any atom is -0.472 e. The highest BCUT2D eigenvalue weighted by molar-refractivity contribution is 5.95. The maximum absolute atomic E-state index is 14.6. The number of aliphatic hydroxyl groups is 1. The van der Waals surface area contributed by atoms with Gasteiger partial charge in [-0.15, -0.1) is 0 Å². The molecule has 1 aromatic heterocycles. The minimum atomic E-state index is -1.65. The number of fused-ring (bicyclic) bond motifs is 6. The quantitative estimate of drug-likeness (QED) is 0.291. The number of hydrogen-bond acceptors (Lipinski definition) is 9. The third-order valence-corrected chi connectivity index (χ3v) is 11.3. The van der Waals surface area contributed by atoms with Gasteiger partial charge in [0.1, 0.15) is 23.6 Å². The number of carbonyl (C=O) groups is 4. The lowest BCUT2D eigenvalue weighted by molar-refractivity contribution is -0.222. The number of benzene rings is 1. The number of Topliss-reactive ketones (excluding diaryl/α,β-unsaturated/α-hetero) is 1. The van der Waals surface area contributed by atoms with Gasteiger partial charge in [0, 0.05) is 28.2 Å². The highest BCUT2D eigenvalue weighted by atomic mass is 16.6. The summed E-state index contributed by atoms with van der Waals surface area (Å²) in [6, 6.07) is 10.3. The molecule has 43 heavy (non-hydrogen) atoms. The maximum atomic E-state index is 14.6. The summed E-state index contributed by atoms with van der Waals surface area (Å²) in [6.07, 6.45) is 3.70. The van der Waals surface area contributed by atoms with Crippen LogP contribution in [0.1, 0.15) is 75.4 Å². The van der Waals surface area contributed by atoms with Crippen LogP contribution in [0.2, 0.25) is 0 Å². The van der Waals surface area contributed by atoms with Crippen LogP contribution in [-0.2, 0) is 28.6 Å². The van der Waals surface area contributed by atoms with E-state index in [-0.39, 0.29) is 18.6 Å². The average molecular weight is 591 g/mol. The lowest BCUT2D eigenvalue weighted by atomic mass is 9.39. The zero-order chi connectivity index (χ0) is 30.9. The highest BCUT2D eigenvalue weighted by Gasteiger charge is 2.72. The zero-order valence-corrected chi connectivity index (χ0v) is 25.1. The molecule has 1 aliphatic heterocycles. The second-order valence-electron chi connectivity index (χ2n) is 13.6. The molecule has 9 nitrogen and oxygen atoms in total. The van der Waals surface area contributed by atoms with Crippen molar-refractivity contribution in [1.82, 2.24) is 0 Å². The van der Waals surface area contributed by atoms with Gasteiger partial charge in [-0.05, 0) is 48.4 Å². The van der Waals surface area contributed by atoms with Crippen LogP contribution < -0.4 is 0 Å². The number of furan rings is 1. The van der Waals surface area contributed by atoms with E-state index in [1.54, 1.807) is 42.5 Å². The predicted molar refractivity (Wildman–Crippen MR) is 152 cm³/mol. The Bertz CT molecular complexity index is 1490. The standard InChI is InChI=1S/C34H38O9/c1-31(2)24(16-25(35)40-5)33(4)22-11-13-32(3)28(20-12-14-41-18-20)42-26(36)17-34(32,39)23(22)15-21(27(33)37)29(31)43-30(38)19-9-7-6-8-10-19/h6-10,12,14-15,18,21-22,24,28-29,39H,11,13,16-17H2,1-5H3/t21-,22+,24+,28+,29-,32+,33-,34+/m1/s1. The van der Waals surface area contributed by atoms with Crippen LogP contribution in [0.25, 0.3) is 0 Å². The fourth-order valence-electron chi connectivity index (χ4n) is 8.91. The predicted octanol–water partition coefficient (Wildman–Crippen LogP) is 4.99. The fourth-order valence-corrected chi connectivity index (χ4v) is 8.91. The number of rotatable bonds is 5. The molecular formula is C34H38O9. The summed E-state index contributed by atoms with van der Waals surface area (Å²) < 4.78 is 22.4. The van der Waals surface area contributed by atoms with E-state index < -0.39 is 69.7 Å². The summed E-state index contributed by atoms with van der Waals surface area (Å²) in [6.45, 7) is 7.63. The zero-order valence-electron chi connectivity index (χ0n) is 25.1. The Balaban J connectivity index is 1.51. The highest BCUT2D eigenvalue weighted by Crippen LogP contribution is 2.69. The summed E-state index contributed by atoms with van der Waals surface area (Å²) in [7, 11) is 1.31. The van der Waals surface area contributed by atoms with E-state index in [9.17, 15) is 24.3 Å². The molecule has 1 aromatic carbocycles. The van der Waals surface area contributed by atoms with E-state index in [0.717, 1.165) is 0 Å². The summed E-state index contributed by atoms with van der Waals surface area (Å²) in [4.78, 5) is 54.0. The number of carbonyl (C=O) groups excluding carboxylic acids is 4. The van der Waals surface area contributed by atoms with E-state index in [2.05, 4.69) is 0 Å². The number of ketones is 1.